The summed E-state index contributed by atoms with van der Waals surface area (Å²) in [7, 11) is 1.69. The molecule has 1 aliphatic rings. The highest BCUT2D eigenvalue weighted by molar-refractivity contribution is 6.08. The second kappa shape index (κ2) is 8.14. The molecule has 0 amide bonds. The average molecular weight is 376 g/mol. The minimum atomic E-state index is 0. The summed E-state index contributed by atoms with van der Waals surface area (Å²) in [6, 6.07) is 6.15. The highest BCUT2D eigenvalue weighted by Crippen LogP contribution is 2.35. The molecule has 5 nitrogen and oxygen atoms in total. The molecular formula is C20H26ClN3O2. The molecule has 140 valence electrons. The summed E-state index contributed by atoms with van der Waals surface area (Å²) in [6.07, 6.45) is 5.62. The molecule has 0 aliphatic carbocycles. The molecule has 3 aromatic rings. The number of hydrogen-bond donors (Lipinski definition) is 1. The van der Waals surface area contributed by atoms with E-state index in [4.69, 9.17) is 9.47 Å². The van der Waals surface area contributed by atoms with Crippen molar-refractivity contribution in [3.8, 4) is 11.5 Å². The summed E-state index contributed by atoms with van der Waals surface area (Å²) in [6.45, 7) is 6.29. The highest BCUT2D eigenvalue weighted by atomic mass is 35.5. The van der Waals surface area contributed by atoms with Crippen LogP contribution in [0.4, 0.5) is 0 Å². The fourth-order valence-electron chi connectivity index (χ4n) is 3.66. The van der Waals surface area contributed by atoms with Crippen LogP contribution in [0.5, 0.6) is 11.5 Å². The second-order valence-electron chi connectivity index (χ2n) is 6.80. The Kier molecular flexibility index (Phi) is 5.89. The number of halogens is 1. The van der Waals surface area contributed by atoms with Gasteiger partial charge in [-0.1, -0.05) is 0 Å². The molecule has 0 unspecified atom stereocenters. The normalized spacial score (nSPS) is 14.7. The molecule has 3 heterocycles. The van der Waals surface area contributed by atoms with Crippen molar-refractivity contribution in [2.75, 3.05) is 33.4 Å². The lowest BCUT2D eigenvalue weighted by atomic mass is 10.1. The number of aromatic amines is 1. The van der Waals surface area contributed by atoms with Gasteiger partial charge in [-0.3, -0.25) is 4.98 Å². The van der Waals surface area contributed by atoms with Crippen molar-refractivity contribution in [1.29, 1.82) is 0 Å². The number of nitrogens with one attached hydrogen (secondary N) is 1. The Morgan fingerprint density at radius 1 is 1.08 bits per heavy atom. The second-order valence-corrected chi connectivity index (χ2v) is 6.80. The number of benzene rings is 1. The minimum absolute atomic E-state index is 0. The highest BCUT2D eigenvalue weighted by Gasteiger charge is 2.13. The number of ether oxygens (including phenoxy) is 2. The fourth-order valence-corrected chi connectivity index (χ4v) is 3.66. The van der Waals surface area contributed by atoms with Crippen molar-refractivity contribution >= 4 is 34.2 Å². The fraction of sp³-hybridized carbons (Fsp3) is 0.450. The van der Waals surface area contributed by atoms with Gasteiger partial charge in [-0.25, -0.2) is 0 Å². The van der Waals surface area contributed by atoms with E-state index in [9.17, 15) is 0 Å². The van der Waals surface area contributed by atoms with Gasteiger partial charge in [0.05, 0.1) is 19.2 Å². The lowest BCUT2D eigenvalue weighted by molar-refractivity contribution is 0.254. The van der Waals surface area contributed by atoms with E-state index >= 15 is 0 Å². The van der Waals surface area contributed by atoms with Gasteiger partial charge in [0, 0.05) is 40.8 Å². The first kappa shape index (κ1) is 18.8. The smallest absolute Gasteiger partial charge is 0.163 e. The third-order valence-corrected chi connectivity index (χ3v) is 4.98. The van der Waals surface area contributed by atoms with Crippen LogP contribution in [-0.2, 0) is 0 Å². The van der Waals surface area contributed by atoms with Crippen molar-refractivity contribution in [2.24, 2.45) is 0 Å². The molecule has 1 N–H and O–H groups in total. The Morgan fingerprint density at radius 3 is 2.62 bits per heavy atom. The van der Waals surface area contributed by atoms with E-state index in [0.29, 0.717) is 6.61 Å². The molecule has 0 spiro atoms. The van der Waals surface area contributed by atoms with E-state index in [2.05, 4.69) is 20.9 Å². The first-order valence-electron chi connectivity index (χ1n) is 9.06. The molecule has 0 saturated carbocycles. The number of fused-ring (bicyclic) bond motifs is 3. The molecular weight excluding hydrogens is 350 g/mol. The third-order valence-electron chi connectivity index (χ3n) is 4.98. The van der Waals surface area contributed by atoms with Crippen LogP contribution in [0.1, 0.15) is 25.0 Å². The van der Waals surface area contributed by atoms with Gasteiger partial charge in [-0.15, -0.1) is 12.4 Å². The monoisotopic (exact) mass is 375 g/mol. The average Bonchev–Trinajstić information content (AvgIpc) is 3.24. The SMILES string of the molecule is COc1cc2c(cc1OCCCN1CCCC1)[nH]c1cc(C)ncc12.Cl. The maximum absolute atomic E-state index is 6.03. The number of aromatic nitrogens is 2. The summed E-state index contributed by atoms with van der Waals surface area (Å²) in [5.74, 6) is 1.57. The Hall–Kier alpha value is -1.98. The summed E-state index contributed by atoms with van der Waals surface area (Å²) < 4.78 is 11.6. The van der Waals surface area contributed by atoms with Gasteiger partial charge < -0.3 is 19.4 Å². The first-order valence-corrected chi connectivity index (χ1v) is 9.06. The lowest BCUT2D eigenvalue weighted by Gasteiger charge is -2.15. The van der Waals surface area contributed by atoms with Gasteiger partial charge in [0.15, 0.2) is 11.5 Å². The molecule has 26 heavy (non-hydrogen) atoms. The Bertz CT molecular complexity index is 888. The predicted molar refractivity (Wildman–Crippen MR) is 108 cm³/mol. The minimum Gasteiger partial charge on any atom is -0.493 e. The quantitative estimate of drug-likeness (QED) is 0.652. The number of hydrogen-bond acceptors (Lipinski definition) is 4. The molecule has 1 fully saturated rings. The van der Waals surface area contributed by atoms with Crippen LogP contribution in [0.15, 0.2) is 24.4 Å². The van der Waals surface area contributed by atoms with E-state index in [0.717, 1.165) is 52.0 Å². The van der Waals surface area contributed by atoms with Gasteiger partial charge in [-0.05, 0) is 51.4 Å². The molecule has 6 heteroatoms. The van der Waals surface area contributed by atoms with Crippen molar-refractivity contribution in [3.05, 3.63) is 30.1 Å². The number of pyridine rings is 1. The largest absolute Gasteiger partial charge is 0.493 e. The topological polar surface area (TPSA) is 50.4 Å². The van der Waals surface area contributed by atoms with Crippen molar-refractivity contribution < 1.29 is 9.47 Å². The molecule has 0 radical (unpaired) electrons. The molecule has 1 saturated heterocycles. The van der Waals surface area contributed by atoms with Crippen LogP contribution in [0.2, 0.25) is 0 Å². The van der Waals surface area contributed by atoms with Crippen LogP contribution >= 0.6 is 12.4 Å². The number of aryl methyl sites for hydroxylation is 1. The lowest BCUT2D eigenvalue weighted by Crippen LogP contribution is -2.21. The van der Waals surface area contributed by atoms with E-state index < -0.39 is 0 Å². The summed E-state index contributed by atoms with van der Waals surface area (Å²) in [5.41, 5.74) is 3.15. The van der Waals surface area contributed by atoms with Gasteiger partial charge >= 0.3 is 0 Å². The summed E-state index contributed by atoms with van der Waals surface area (Å²) >= 11 is 0. The predicted octanol–water partition coefficient (Wildman–Crippen LogP) is 4.32. The molecule has 1 aromatic carbocycles. The Labute approximate surface area is 160 Å². The molecule has 4 rings (SSSR count). The zero-order valence-electron chi connectivity index (χ0n) is 15.4. The molecule has 2 aromatic heterocycles. The zero-order valence-corrected chi connectivity index (χ0v) is 16.2. The molecule has 1 aliphatic heterocycles. The number of methoxy groups -OCH3 is 1. The van der Waals surface area contributed by atoms with Crippen LogP contribution in [0.3, 0.4) is 0 Å². The zero-order chi connectivity index (χ0) is 17.2. The Balaban J connectivity index is 0.00000196. The van der Waals surface area contributed by atoms with Crippen LogP contribution in [-0.4, -0.2) is 48.2 Å². The number of rotatable bonds is 6. The molecule has 0 bridgehead atoms. The van der Waals surface area contributed by atoms with Crippen molar-refractivity contribution in [1.82, 2.24) is 14.9 Å². The Morgan fingerprint density at radius 2 is 1.85 bits per heavy atom. The van der Waals surface area contributed by atoms with E-state index in [1.165, 1.54) is 25.9 Å². The van der Waals surface area contributed by atoms with E-state index in [1.807, 2.05) is 25.3 Å². The van der Waals surface area contributed by atoms with E-state index in [1.54, 1.807) is 7.11 Å². The summed E-state index contributed by atoms with van der Waals surface area (Å²) in [5, 5.41) is 2.23. The number of H-pyrrole nitrogens is 1. The first-order chi connectivity index (χ1) is 12.2. The number of nitrogens with zero attached hydrogens (tertiary/aromatic N) is 2. The van der Waals surface area contributed by atoms with Crippen LogP contribution in [0.25, 0.3) is 21.8 Å². The molecule has 0 atom stereocenters. The van der Waals surface area contributed by atoms with Crippen molar-refractivity contribution in [3.63, 3.8) is 0 Å². The van der Waals surface area contributed by atoms with Gasteiger partial charge in [-0.2, -0.15) is 0 Å². The maximum Gasteiger partial charge on any atom is 0.163 e. The van der Waals surface area contributed by atoms with Gasteiger partial charge in [0.2, 0.25) is 0 Å². The maximum atomic E-state index is 6.03. The van der Waals surface area contributed by atoms with Gasteiger partial charge in [0.25, 0.3) is 0 Å². The van der Waals surface area contributed by atoms with E-state index in [-0.39, 0.29) is 12.4 Å². The van der Waals surface area contributed by atoms with Crippen LogP contribution in [0, 0.1) is 6.92 Å². The van der Waals surface area contributed by atoms with Crippen molar-refractivity contribution in [2.45, 2.75) is 26.2 Å². The standard InChI is InChI=1S/C20H25N3O2.ClH/c1-14-10-17-16(13-21-14)15-11-19(24-2)20(12-18(15)22-17)25-9-5-8-23-6-3-4-7-23;/h10-13,22H,3-9H2,1-2H3;1H. The third kappa shape index (κ3) is 3.74. The van der Waals surface area contributed by atoms with Crippen LogP contribution < -0.4 is 9.47 Å². The summed E-state index contributed by atoms with van der Waals surface area (Å²) in [4.78, 5) is 10.4. The number of likely N-dealkylation sites (tertiary alicyclic amines) is 1. The van der Waals surface area contributed by atoms with Gasteiger partial charge in [0.1, 0.15) is 0 Å².